The number of benzene rings is 3. The highest BCUT2D eigenvalue weighted by Crippen LogP contribution is 2.35. The standard InChI is InChI=1S/C23H21BrN2O2S/c1-14-4-9-19-21(10-14)29-23(26-19)15-5-7-18(8-6-15)25-13-16-11-17(24)12-20(27-2)22(16)28-3/h4-12,25H,13H2,1-3H3. The van der Waals surface area contributed by atoms with Gasteiger partial charge < -0.3 is 14.8 Å². The van der Waals surface area contributed by atoms with E-state index >= 15 is 0 Å². The van der Waals surface area contributed by atoms with E-state index in [4.69, 9.17) is 14.5 Å². The van der Waals surface area contributed by atoms with Crippen LogP contribution in [0.15, 0.2) is 59.1 Å². The lowest BCUT2D eigenvalue weighted by molar-refractivity contribution is 0.352. The molecule has 4 aromatic rings. The summed E-state index contributed by atoms with van der Waals surface area (Å²) in [5, 5.41) is 4.49. The molecule has 0 bridgehead atoms. The third-order valence-electron chi connectivity index (χ3n) is 4.68. The zero-order chi connectivity index (χ0) is 20.4. The molecule has 4 nitrogen and oxygen atoms in total. The molecule has 0 aliphatic heterocycles. The van der Waals surface area contributed by atoms with Crippen LogP contribution in [0.3, 0.4) is 0 Å². The van der Waals surface area contributed by atoms with E-state index in [1.54, 1.807) is 25.6 Å². The Balaban J connectivity index is 1.52. The normalized spacial score (nSPS) is 10.9. The molecule has 1 aromatic heterocycles. The average molecular weight is 469 g/mol. The smallest absolute Gasteiger partial charge is 0.165 e. The molecule has 3 aromatic carbocycles. The number of halogens is 1. The van der Waals surface area contributed by atoms with Crippen molar-refractivity contribution in [3.63, 3.8) is 0 Å². The second-order valence-electron chi connectivity index (χ2n) is 6.72. The lowest BCUT2D eigenvalue weighted by Gasteiger charge is -2.15. The largest absolute Gasteiger partial charge is 0.493 e. The average Bonchev–Trinajstić information content (AvgIpc) is 3.15. The molecule has 0 atom stereocenters. The molecule has 0 amide bonds. The fourth-order valence-electron chi connectivity index (χ4n) is 3.22. The molecule has 0 spiro atoms. The number of nitrogens with one attached hydrogen (secondary N) is 1. The van der Waals surface area contributed by atoms with Crippen LogP contribution < -0.4 is 14.8 Å². The Labute approximate surface area is 182 Å². The van der Waals surface area contributed by atoms with Crippen LogP contribution in [-0.4, -0.2) is 19.2 Å². The number of thiazole rings is 1. The molecule has 0 fully saturated rings. The number of hydrogen-bond acceptors (Lipinski definition) is 5. The van der Waals surface area contributed by atoms with Crippen molar-refractivity contribution in [3.8, 4) is 22.1 Å². The van der Waals surface area contributed by atoms with Gasteiger partial charge in [-0.25, -0.2) is 4.98 Å². The molecule has 4 rings (SSSR count). The van der Waals surface area contributed by atoms with Crippen molar-refractivity contribution in [3.05, 3.63) is 70.2 Å². The Bertz CT molecular complexity index is 1160. The minimum Gasteiger partial charge on any atom is -0.493 e. The van der Waals surface area contributed by atoms with Crippen LogP contribution in [-0.2, 0) is 6.54 Å². The van der Waals surface area contributed by atoms with E-state index in [1.807, 2.05) is 12.1 Å². The summed E-state index contributed by atoms with van der Waals surface area (Å²) in [4.78, 5) is 4.76. The predicted octanol–water partition coefficient (Wildman–Crippen LogP) is 6.66. The van der Waals surface area contributed by atoms with Crippen molar-refractivity contribution in [1.82, 2.24) is 4.98 Å². The molecule has 0 saturated carbocycles. The maximum atomic E-state index is 5.53. The SMILES string of the molecule is COc1cc(Br)cc(CNc2ccc(-c3nc4ccc(C)cc4s3)cc2)c1OC. The molecule has 0 radical (unpaired) electrons. The Kier molecular flexibility index (Phi) is 5.74. The summed E-state index contributed by atoms with van der Waals surface area (Å²) >= 11 is 5.25. The minimum absolute atomic E-state index is 0.624. The van der Waals surface area contributed by atoms with E-state index < -0.39 is 0 Å². The summed E-state index contributed by atoms with van der Waals surface area (Å²) in [6.45, 7) is 2.73. The molecule has 6 heteroatoms. The van der Waals surface area contributed by atoms with Gasteiger partial charge >= 0.3 is 0 Å². The van der Waals surface area contributed by atoms with Crippen molar-refractivity contribution in [1.29, 1.82) is 0 Å². The summed E-state index contributed by atoms with van der Waals surface area (Å²) in [6, 6.07) is 18.7. The lowest BCUT2D eigenvalue weighted by Crippen LogP contribution is -2.03. The fraction of sp³-hybridized carbons (Fsp3) is 0.174. The van der Waals surface area contributed by atoms with Gasteiger partial charge in [-0.2, -0.15) is 0 Å². The first kappa shape index (κ1) is 19.7. The Morgan fingerprint density at radius 3 is 2.52 bits per heavy atom. The van der Waals surface area contributed by atoms with E-state index in [9.17, 15) is 0 Å². The van der Waals surface area contributed by atoms with Crippen LogP contribution in [0.2, 0.25) is 0 Å². The number of ether oxygens (including phenoxy) is 2. The van der Waals surface area contributed by atoms with Crippen molar-refractivity contribution in [2.24, 2.45) is 0 Å². The topological polar surface area (TPSA) is 43.4 Å². The van der Waals surface area contributed by atoms with Crippen LogP contribution in [0, 0.1) is 6.92 Å². The highest BCUT2D eigenvalue weighted by Gasteiger charge is 2.12. The van der Waals surface area contributed by atoms with E-state index in [-0.39, 0.29) is 0 Å². The van der Waals surface area contributed by atoms with Gasteiger partial charge in [-0.05, 0) is 61.0 Å². The highest BCUT2D eigenvalue weighted by molar-refractivity contribution is 9.10. The van der Waals surface area contributed by atoms with E-state index in [2.05, 4.69) is 70.6 Å². The van der Waals surface area contributed by atoms with Crippen LogP contribution in [0.5, 0.6) is 11.5 Å². The molecule has 0 aliphatic rings. The van der Waals surface area contributed by atoms with Crippen molar-refractivity contribution in [2.75, 3.05) is 19.5 Å². The summed E-state index contributed by atoms with van der Waals surface area (Å²) in [7, 11) is 3.30. The van der Waals surface area contributed by atoms with Crippen molar-refractivity contribution in [2.45, 2.75) is 13.5 Å². The number of fused-ring (bicyclic) bond motifs is 1. The van der Waals surface area contributed by atoms with Crippen LogP contribution >= 0.6 is 27.3 Å². The number of methoxy groups -OCH3 is 2. The van der Waals surface area contributed by atoms with Gasteiger partial charge in [-0.3, -0.25) is 0 Å². The van der Waals surface area contributed by atoms with Gasteiger partial charge in [0.05, 0.1) is 24.4 Å². The molecular formula is C23H21BrN2O2S. The molecule has 29 heavy (non-hydrogen) atoms. The van der Waals surface area contributed by atoms with E-state index in [0.29, 0.717) is 12.3 Å². The molecule has 1 heterocycles. The zero-order valence-corrected chi connectivity index (χ0v) is 18.9. The van der Waals surface area contributed by atoms with E-state index in [0.717, 1.165) is 37.6 Å². The number of aromatic nitrogens is 1. The monoisotopic (exact) mass is 468 g/mol. The summed E-state index contributed by atoms with van der Waals surface area (Å²) < 4.78 is 13.1. The fourth-order valence-corrected chi connectivity index (χ4v) is 4.77. The summed E-state index contributed by atoms with van der Waals surface area (Å²) in [6.07, 6.45) is 0. The van der Waals surface area contributed by atoms with Crippen molar-refractivity contribution < 1.29 is 9.47 Å². The lowest BCUT2D eigenvalue weighted by atomic mass is 10.1. The van der Waals surface area contributed by atoms with Gasteiger partial charge in [0.1, 0.15) is 5.01 Å². The number of aryl methyl sites for hydroxylation is 1. The van der Waals surface area contributed by atoms with Gasteiger partial charge in [0.2, 0.25) is 0 Å². The first-order chi connectivity index (χ1) is 14.1. The third kappa shape index (κ3) is 4.23. The van der Waals surface area contributed by atoms with Gasteiger partial charge in [0.25, 0.3) is 0 Å². The van der Waals surface area contributed by atoms with Crippen molar-refractivity contribution >= 4 is 43.2 Å². The molecule has 0 aliphatic carbocycles. The molecule has 1 N–H and O–H groups in total. The quantitative estimate of drug-likeness (QED) is 0.343. The van der Waals surface area contributed by atoms with Gasteiger partial charge in [-0.1, -0.05) is 22.0 Å². The highest BCUT2D eigenvalue weighted by atomic mass is 79.9. The summed E-state index contributed by atoms with van der Waals surface area (Å²) in [5.74, 6) is 1.45. The zero-order valence-electron chi connectivity index (χ0n) is 16.5. The first-order valence-electron chi connectivity index (χ1n) is 9.19. The maximum absolute atomic E-state index is 5.53. The second kappa shape index (κ2) is 8.43. The minimum atomic E-state index is 0.624. The first-order valence-corrected chi connectivity index (χ1v) is 10.8. The molecule has 148 valence electrons. The van der Waals surface area contributed by atoms with Crippen LogP contribution in [0.25, 0.3) is 20.8 Å². The van der Waals surface area contributed by atoms with E-state index in [1.165, 1.54) is 10.3 Å². The summed E-state index contributed by atoms with van der Waals surface area (Å²) in [5.41, 5.74) is 5.48. The number of rotatable bonds is 6. The predicted molar refractivity (Wildman–Crippen MR) is 124 cm³/mol. The maximum Gasteiger partial charge on any atom is 0.165 e. The number of nitrogens with zero attached hydrogens (tertiary/aromatic N) is 1. The third-order valence-corrected chi connectivity index (χ3v) is 6.20. The number of anilines is 1. The van der Waals surface area contributed by atoms with Gasteiger partial charge in [-0.15, -0.1) is 11.3 Å². The van der Waals surface area contributed by atoms with Gasteiger partial charge in [0.15, 0.2) is 11.5 Å². The second-order valence-corrected chi connectivity index (χ2v) is 8.67. The Morgan fingerprint density at radius 2 is 1.79 bits per heavy atom. The molecule has 0 unspecified atom stereocenters. The van der Waals surface area contributed by atoms with Crippen LogP contribution in [0.4, 0.5) is 5.69 Å². The Hall–Kier alpha value is -2.57. The Morgan fingerprint density at radius 1 is 1.00 bits per heavy atom. The molecular weight excluding hydrogens is 448 g/mol. The molecule has 0 saturated heterocycles. The number of hydrogen-bond donors (Lipinski definition) is 1. The van der Waals surface area contributed by atoms with Crippen LogP contribution in [0.1, 0.15) is 11.1 Å². The van der Waals surface area contributed by atoms with Gasteiger partial charge in [0, 0.05) is 27.8 Å².